The van der Waals surface area contributed by atoms with Gasteiger partial charge in [0.05, 0.1) is 6.54 Å². The molecule has 5 nitrogen and oxygen atoms in total. The number of hydrogen-bond donors (Lipinski definition) is 1. The van der Waals surface area contributed by atoms with E-state index in [4.69, 9.17) is 16.6 Å². The first-order valence-electron chi connectivity index (χ1n) is 9.68. The van der Waals surface area contributed by atoms with Crippen LogP contribution in [0.4, 0.5) is 5.13 Å². The first-order valence-corrected chi connectivity index (χ1v) is 10.8. The van der Waals surface area contributed by atoms with E-state index in [1.807, 2.05) is 54.3 Å². The molecule has 3 aromatic rings. The molecule has 2 aromatic carbocycles. The van der Waals surface area contributed by atoms with Gasteiger partial charge < -0.3 is 10.2 Å². The quantitative estimate of drug-likeness (QED) is 0.536. The molecule has 1 amide bonds. The SMILES string of the molecule is CCC(C)NC(=O)CN(Cc1ccccc1)c1nc(Cc2ccc(Cl)cc2)ns1. The minimum atomic E-state index is -0.00951. The number of carbonyl (C=O) groups is 1. The van der Waals surface area contributed by atoms with Gasteiger partial charge in [0.1, 0.15) is 5.82 Å². The number of amides is 1. The number of halogens is 1. The number of carbonyl (C=O) groups excluding carboxylic acids is 1. The summed E-state index contributed by atoms with van der Waals surface area (Å²) in [5.74, 6) is 0.734. The molecule has 1 unspecified atom stereocenters. The molecule has 0 spiro atoms. The van der Waals surface area contributed by atoms with E-state index in [0.717, 1.165) is 28.5 Å². The van der Waals surface area contributed by atoms with Crippen molar-refractivity contribution >= 4 is 34.2 Å². The monoisotopic (exact) mass is 428 g/mol. The first-order chi connectivity index (χ1) is 14.0. The van der Waals surface area contributed by atoms with Gasteiger partial charge in [0.2, 0.25) is 11.0 Å². The summed E-state index contributed by atoms with van der Waals surface area (Å²) in [6, 6.07) is 17.9. The van der Waals surface area contributed by atoms with E-state index in [1.165, 1.54) is 11.5 Å². The van der Waals surface area contributed by atoms with Crippen LogP contribution < -0.4 is 10.2 Å². The van der Waals surface area contributed by atoms with E-state index in [1.54, 1.807) is 0 Å². The lowest BCUT2D eigenvalue weighted by Crippen LogP contribution is -2.40. The zero-order valence-corrected chi connectivity index (χ0v) is 18.2. The molecule has 3 rings (SSSR count). The molecular formula is C22H25ClN4OS. The summed E-state index contributed by atoms with van der Waals surface area (Å²) in [7, 11) is 0. The average Bonchev–Trinajstić information content (AvgIpc) is 3.18. The van der Waals surface area contributed by atoms with E-state index in [-0.39, 0.29) is 18.5 Å². The fraction of sp³-hybridized carbons (Fsp3) is 0.318. The predicted octanol–water partition coefficient (Wildman–Crippen LogP) is 4.70. The van der Waals surface area contributed by atoms with Gasteiger partial charge in [0, 0.05) is 35.6 Å². The second-order valence-corrected chi connectivity index (χ2v) is 8.18. The van der Waals surface area contributed by atoms with Crippen LogP contribution in [0.2, 0.25) is 5.02 Å². The lowest BCUT2D eigenvalue weighted by Gasteiger charge is -2.22. The number of aromatic nitrogens is 2. The second-order valence-electron chi connectivity index (χ2n) is 7.01. The van der Waals surface area contributed by atoms with Gasteiger partial charge in [-0.1, -0.05) is 61.0 Å². The summed E-state index contributed by atoms with van der Waals surface area (Å²) in [4.78, 5) is 19.2. The van der Waals surface area contributed by atoms with E-state index >= 15 is 0 Å². The maximum atomic E-state index is 12.5. The van der Waals surface area contributed by atoms with Crippen LogP contribution in [-0.4, -0.2) is 27.9 Å². The highest BCUT2D eigenvalue weighted by molar-refractivity contribution is 7.09. The summed E-state index contributed by atoms with van der Waals surface area (Å²) in [6.45, 7) is 4.91. The molecule has 152 valence electrons. The third-order valence-electron chi connectivity index (χ3n) is 4.57. The molecule has 1 aromatic heterocycles. The van der Waals surface area contributed by atoms with Gasteiger partial charge in [0.15, 0.2) is 0 Å². The lowest BCUT2D eigenvalue weighted by molar-refractivity contribution is -0.120. The van der Waals surface area contributed by atoms with Crippen molar-refractivity contribution in [1.82, 2.24) is 14.7 Å². The van der Waals surface area contributed by atoms with Crippen LogP contribution >= 0.6 is 23.1 Å². The molecule has 0 radical (unpaired) electrons. The number of anilines is 1. The predicted molar refractivity (Wildman–Crippen MR) is 120 cm³/mol. The molecule has 0 bridgehead atoms. The Labute approximate surface area is 180 Å². The Balaban J connectivity index is 1.75. The van der Waals surface area contributed by atoms with E-state index in [9.17, 15) is 4.79 Å². The molecule has 0 aliphatic heterocycles. The van der Waals surface area contributed by atoms with Gasteiger partial charge >= 0.3 is 0 Å². The highest BCUT2D eigenvalue weighted by atomic mass is 35.5. The van der Waals surface area contributed by atoms with Gasteiger partial charge in [-0.05, 0) is 36.6 Å². The van der Waals surface area contributed by atoms with Crippen molar-refractivity contribution < 1.29 is 4.79 Å². The number of nitrogens with zero attached hydrogens (tertiary/aromatic N) is 3. The van der Waals surface area contributed by atoms with Crippen molar-refractivity contribution in [3.8, 4) is 0 Å². The van der Waals surface area contributed by atoms with Gasteiger partial charge in [-0.3, -0.25) is 4.79 Å². The normalized spacial score (nSPS) is 11.8. The van der Waals surface area contributed by atoms with Crippen LogP contribution in [0.25, 0.3) is 0 Å². The summed E-state index contributed by atoms with van der Waals surface area (Å²) in [5.41, 5.74) is 2.22. The third-order valence-corrected chi connectivity index (χ3v) is 5.64. The van der Waals surface area contributed by atoms with E-state index < -0.39 is 0 Å². The summed E-state index contributed by atoms with van der Waals surface area (Å²) in [6.07, 6.45) is 1.53. The van der Waals surface area contributed by atoms with Gasteiger partial charge in [-0.15, -0.1) is 0 Å². The Morgan fingerprint density at radius 2 is 1.86 bits per heavy atom. The van der Waals surface area contributed by atoms with Gasteiger partial charge in [0.25, 0.3) is 0 Å². The van der Waals surface area contributed by atoms with Crippen molar-refractivity contribution in [2.24, 2.45) is 0 Å². The van der Waals surface area contributed by atoms with Crippen molar-refractivity contribution in [3.05, 3.63) is 76.6 Å². The molecule has 7 heteroatoms. The molecular weight excluding hydrogens is 404 g/mol. The molecule has 0 fully saturated rings. The van der Waals surface area contributed by atoms with Crippen LogP contribution in [0, 0.1) is 0 Å². The maximum absolute atomic E-state index is 12.5. The minimum absolute atomic E-state index is 0.00951. The fourth-order valence-electron chi connectivity index (χ4n) is 2.82. The number of hydrogen-bond acceptors (Lipinski definition) is 5. The van der Waals surface area contributed by atoms with Crippen molar-refractivity contribution in [1.29, 1.82) is 0 Å². The molecule has 1 N–H and O–H groups in total. The Kier molecular flexibility index (Phi) is 7.61. The summed E-state index contributed by atoms with van der Waals surface area (Å²) >= 11 is 7.28. The zero-order valence-electron chi connectivity index (χ0n) is 16.6. The topological polar surface area (TPSA) is 58.1 Å². The molecule has 0 aliphatic carbocycles. The molecule has 1 heterocycles. The summed E-state index contributed by atoms with van der Waals surface area (Å²) in [5, 5.41) is 4.49. The Morgan fingerprint density at radius 3 is 2.55 bits per heavy atom. The van der Waals surface area contributed by atoms with Crippen LogP contribution in [0.3, 0.4) is 0 Å². The Bertz CT molecular complexity index is 914. The van der Waals surface area contributed by atoms with Crippen LogP contribution in [0.5, 0.6) is 0 Å². The number of nitrogens with one attached hydrogen (secondary N) is 1. The standard InChI is InChI=1S/C22H25ClN4OS/c1-3-16(2)24-21(28)15-27(14-18-7-5-4-6-8-18)22-25-20(26-29-22)13-17-9-11-19(23)12-10-17/h4-12,16H,3,13-15H2,1-2H3,(H,24,28). The Morgan fingerprint density at radius 1 is 1.14 bits per heavy atom. The highest BCUT2D eigenvalue weighted by Gasteiger charge is 2.18. The molecule has 0 aliphatic rings. The lowest BCUT2D eigenvalue weighted by atomic mass is 10.1. The molecule has 0 saturated heterocycles. The minimum Gasteiger partial charge on any atom is -0.352 e. The number of rotatable bonds is 9. The zero-order chi connectivity index (χ0) is 20.6. The first kappa shape index (κ1) is 21.3. The smallest absolute Gasteiger partial charge is 0.239 e. The second kappa shape index (κ2) is 10.4. The van der Waals surface area contributed by atoms with Crippen LogP contribution in [0.15, 0.2) is 54.6 Å². The highest BCUT2D eigenvalue weighted by Crippen LogP contribution is 2.21. The Hall–Kier alpha value is -2.44. The third kappa shape index (κ3) is 6.54. The summed E-state index contributed by atoms with van der Waals surface area (Å²) < 4.78 is 4.51. The molecule has 29 heavy (non-hydrogen) atoms. The van der Waals surface area contributed by atoms with E-state index in [2.05, 4.69) is 28.7 Å². The van der Waals surface area contributed by atoms with Crippen molar-refractivity contribution in [3.63, 3.8) is 0 Å². The molecule has 1 atom stereocenters. The van der Waals surface area contributed by atoms with Crippen molar-refractivity contribution in [2.45, 2.75) is 39.3 Å². The largest absolute Gasteiger partial charge is 0.352 e. The number of benzene rings is 2. The van der Waals surface area contributed by atoms with Gasteiger partial charge in [-0.25, -0.2) is 4.98 Å². The van der Waals surface area contributed by atoms with Crippen LogP contribution in [-0.2, 0) is 17.8 Å². The van der Waals surface area contributed by atoms with Gasteiger partial charge in [-0.2, -0.15) is 4.37 Å². The van der Waals surface area contributed by atoms with E-state index in [0.29, 0.717) is 18.0 Å². The maximum Gasteiger partial charge on any atom is 0.239 e. The fourth-order valence-corrected chi connectivity index (χ4v) is 3.63. The van der Waals surface area contributed by atoms with Crippen LogP contribution in [0.1, 0.15) is 37.2 Å². The molecule has 0 saturated carbocycles. The average molecular weight is 429 g/mol. The van der Waals surface area contributed by atoms with Crippen molar-refractivity contribution in [2.75, 3.05) is 11.4 Å².